The molecule has 9 nitrogen and oxygen atoms in total. The summed E-state index contributed by atoms with van der Waals surface area (Å²) in [5.74, 6) is 0.0246. The van der Waals surface area contributed by atoms with Crippen molar-refractivity contribution in [2.45, 2.75) is 19.5 Å². The highest BCUT2D eigenvalue weighted by Gasteiger charge is 2.15. The Labute approximate surface area is 211 Å². The number of fused-ring (bicyclic) bond motifs is 3. The average Bonchev–Trinajstić information content (AvgIpc) is 3.40. The minimum atomic E-state index is -0.901. The molecule has 0 saturated heterocycles. The highest BCUT2D eigenvalue weighted by Crippen LogP contribution is 2.17. The predicted molar refractivity (Wildman–Crippen MR) is 138 cm³/mol. The van der Waals surface area contributed by atoms with Gasteiger partial charge in [0, 0.05) is 24.5 Å². The third kappa shape index (κ3) is 4.92. The lowest BCUT2D eigenvalue weighted by Gasteiger charge is -2.12. The second-order valence-electron chi connectivity index (χ2n) is 8.64. The van der Waals surface area contributed by atoms with Gasteiger partial charge in [-0.05, 0) is 47.0 Å². The first kappa shape index (κ1) is 23.8. The molecule has 5 rings (SSSR count). The van der Waals surface area contributed by atoms with Crippen LogP contribution in [0.15, 0.2) is 83.9 Å². The third-order valence-electron chi connectivity index (χ3n) is 6.19. The van der Waals surface area contributed by atoms with Crippen molar-refractivity contribution in [2.75, 3.05) is 7.11 Å². The predicted octanol–water partition coefficient (Wildman–Crippen LogP) is 3.26. The maximum Gasteiger partial charge on any atom is 0.307 e. The molecule has 1 amide bonds. The summed E-state index contributed by atoms with van der Waals surface area (Å²) in [6.45, 7) is 0.583. The fourth-order valence-electron chi connectivity index (χ4n) is 4.27. The number of rotatable bonds is 8. The maximum absolute atomic E-state index is 13.6. The molecule has 0 aliphatic rings. The first-order valence-corrected chi connectivity index (χ1v) is 11.6. The lowest BCUT2D eigenvalue weighted by Crippen LogP contribution is -2.25. The molecule has 0 bridgehead atoms. The number of imidazole rings is 1. The van der Waals surface area contributed by atoms with Gasteiger partial charge in [0.1, 0.15) is 5.75 Å². The number of nitrogens with one attached hydrogen (secondary N) is 1. The van der Waals surface area contributed by atoms with Gasteiger partial charge in [-0.3, -0.25) is 23.4 Å². The van der Waals surface area contributed by atoms with Crippen LogP contribution in [0.5, 0.6) is 5.75 Å². The van der Waals surface area contributed by atoms with E-state index >= 15 is 0 Å². The molecule has 0 radical (unpaired) electrons. The Morgan fingerprint density at radius 1 is 0.973 bits per heavy atom. The van der Waals surface area contributed by atoms with E-state index in [9.17, 15) is 14.4 Å². The van der Waals surface area contributed by atoms with E-state index in [1.807, 2.05) is 28.7 Å². The summed E-state index contributed by atoms with van der Waals surface area (Å²) in [6, 6.07) is 19.5. The van der Waals surface area contributed by atoms with Crippen LogP contribution >= 0.6 is 0 Å². The lowest BCUT2D eigenvalue weighted by molar-refractivity contribution is -0.136. The Balaban J connectivity index is 1.45. The highest BCUT2D eigenvalue weighted by molar-refractivity contribution is 5.98. The molecule has 0 fully saturated rings. The van der Waals surface area contributed by atoms with Crippen molar-refractivity contribution in [1.82, 2.24) is 19.3 Å². The number of nitrogens with zero attached hydrogens (tertiary/aromatic N) is 3. The number of ether oxygens (including phenoxy) is 1. The Morgan fingerprint density at radius 3 is 2.38 bits per heavy atom. The van der Waals surface area contributed by atoms with E-state index in [4.69, 9.17) is 9.84 Å². The third-order valence-corrected chi connectivity index (χ3v) is 6.19. The molecular formula is C28H24N4O5. The normalized spacial score (nSPS) is 11.1. The number of carboxylic acid groups (broad SMARTS) is 1. The van der Waals surface area contributed by atoms with Crippen molar-refractivity contribution < 1.29 is 19.4 Å². The van der Waals surface area contributed by atoms with Gasteiger partial charge in [0.2, 0.25) is 5.78 Å². The largest absolute Gasteiger partial charge is 0.497 e. The van der Waals surface area contributed by atoms with Crippen LogP contribution in [-0.4, -0.2) is 38.0 Å². The number of carbonyl (C=O) groups is 2. The van der Waals surface area contributed by atoms with Gasteiger partial charge in [0.25, 0.3) is 11.5 Å². The lowest BCUT2D eigenvalue weighted by atomic mass is 10.1. The number of hydrogen-bond acceptors (Lipinski definition) is 5. The van der Waals surface area contributed by atoms with Crippen molar-refractivity contribution in [3.05, 3.63) is 112 Å². The molecule has 2 heterocycles. The van der Waals surface area contributed by atoms with Crippen molar-refractivity contribution in [2.24, 2.45) is 0 Å². The fraction of sp³-hybridized carbons (Fsp3) is 0.143. The minimum absolute atomic E-state index is 0.0655. The van der Waals surface area contributed by atoms with Crippen molar-refractivity contribution >= 4 is 28.6 Å². The summed E-state index contributed by atoms with van der Waals surface area (Å²) in [5.41, 5.74) is 3.19. The standard InChI is InChI=1S/C28H24N4O5/c1-37-22-9-6-19(7-10-22)16-30-26(35)21-8-11-24-23(15-21)27(36)32(28-29-12-13-31(24)28)17-20-4-2-18(3-5-20)14-25(33)34/h2-13,15H,14,16-17H2,1H3,(H,30,35)(H,33,34). The van der Waals surface area contributed by atoms with Crippen LogP contribution in [0.4, 0.5) is 0 Å². The molecule has 2 N–H and O–H groups in total. The molecule has 186 valence electrons. The van der Waals surface area contributed by atoms with Crippen LogP contribution in [-0.2, 0) is 24.3 Å². The van der Waals surface area contributed by atoms with E-state index in [2.05, 4.69) is 10.3 Å². The highest BCUT2D eigenvalue weighted by atomic mass is 16.5. The summed E-state index contributed by atoms with van der Waals surface area (Å²) in [7, 11) is 1.60. The Morgan fingerprint density at radius 2 is 1.68 bits per heavy atom. The first-order valence-electron chi connectivity index (χ1n) is 11.6. The van der Waals surface area contributed by atoms with Crippen molar-refractivity contribution in [3.63, 3.8) is 0 Å². The van der Waals surface area contributed by atoms with Crippen molar-refractivity contribution in [1.29, 1.82) is 0 Å². The van der Waals surface area contributed by atoms with Gasteiger partial charge in [-0.25, -0.2) is 4.98 Å². The molecule has 3 aromatic carbocycles. The smallest absolute Gasteiger partial charge is 0.307 e. The number of carbonyl (C=O) groups excluding carboxylic acids is 1. The van der Waals surface area contributed by atoms with E-state index in [1.165, 1.54) is 0 Å². The van der Waals surface area contributed by atoms with Gasteiger partial charge < -0.3 is 15.2 Å². The van der Waals surface area contributed by atoms with Crippen molar-refractivity contribution in [3.8, 4) is 5.75 Å². The number of aromatic nitrogens is 3. The summed E-state index contributed by atoms with van der Waals surface area (Å²) in [5, 5.41) is 12.3. The van der Waals surface area contributed by atoms with Crippen LogP contribution in [0, 0.1) is 0 Å². The Kier molecular flexibility index (Phi) is 6.42. The second-order valence-corrected chi connectivity index (χ2v) is 8.64. The number of carboxylic acids is 1. The van der Waals surface area contributed by atoms with Gasteiger partial charge in [0.05, 0.1) is 31.0 Å². The molecule has 37 heavy (non-hydrogen) atoms. The van der Waals surface area contributed by atoms with Gasteiger partial charge >= 0.3 is 5.97 Å². The van der Waals surface area contributed by atoms with Crippen LogP contribution in [0.3, 0.4) is 0 Å². The number of hydrogen-bond donors (Lipinski definition) is 2. The quantitative estimate of drug-likeness (QED) is 0.341. The van der Waals surface area contributed by atoms with Crippen LogP contribution in [0.25, 0.3) is 16.7 Å². The minimum Gasteiger partial charge on any atom is -0.497 e. The maximum atomic E-state index is 13.6. The molecule has 0 saturated carbocycles. The van der Waals surface area contributed by atoms with E-state index in [1.54, 1.807) is 66.5 Å². The number of methoxy groups -OCH3 is 1. The van der Waals surface area contributed by atoms with E-state index in [0.29, 0.717) is 34.4 Å². The summed E-state index contributed by atoms with van der Waals surface area (Å²) >= 11 is 0. The summed E-state index contributed by atoms with van der Waals surface area (Å²) in [6.07, 6.45) is 3.33. The summed E-state index contributed by atoms with van der Waals surface area (Å²) in [4.78, 5) is 41.8. The number of benzene rings is 3. The number of aliphatic carboxylic acids is 1. The van der Waals surface area contributed by atoms with Gasteiger partial charge in [-0.1, -0.05) is 36.4 Å². The molecule has 9 heteroatoms. The molecule has 0 atom stereocenters. The Bertz CT molecular complexity index is 1670. The summed E-state index contributed by atoms with van der Waals surface area (Å²) < 4.78 is 8.52. The van der Waals surface area contributed by atoms with Crippen LogP contribution in [0.1, 0.15) is 27.0 Å². The van der Waals surface area contributed by atoms with Crippen LogP contribution in [0.2, 0.25) is 0 Å². The zero-order valence-electron chi connectivity index (χ0n) is 20.0. The molecular weight excluding hydrogens is 472 g/mol. The molecule has 0 unspecified atom stereocenters. The zero-order valence-corrected chi connectivity index (χ0v) is 20.0. The fourth-order valence-corrected chi connectivity index (χ4v) is 4.27. The molecule has 0 aliphatic carbocycles. The molecule has 0 spiro atoms. The zero-order chi connectivity index (χ0) is 25.9. The van der Waals surface area contributed by atoms with Gasteiger partial charge in [-0.2, -0.15) is 0 Å². The molecule has 2 aromatic heterocycles. The van der Waals surface area contributed by atoms with E-state index in [-0.39, 0.29) is 24.4 Å². The SMILES string of the molecule is COc1ccc(CNC(=O)c2ccc3c(c2)c(=O)n(Cc2ccc(CC(=O)O)cc2)c2nccn32)cc1. The van der Waals surface area contributed by atoms with E-state index in [0.717, 1.165) is 16.9 Å². The van der Waals surface area contributed by atoms with E-state index < -0.39 is 5.97 Å². The van der Waals surface area contributed by atoms with Gasteiger partial charge in [0.15, 0.2) is 0 Å². The van der Waals surface area contributed by atoms with Gasteiger partial charge in [-0.15, -0.1) is 0 Å². The topological polar surface area (TPSA) is 115 Å². The first-order chi connectivity index (χ1) is 17.9. The van der Waals surface area contributed by atoms with Crippen LogP contribution < -0.4 is 15.6 Å². The average molecular weight is 497 g/mol. The second kappa shape index (κ2) is 9.98. The monoisotopic (exact) mass is 496 g/mol. The number of amides is 1. The molecule has 5 aromatic rings. The molecule has 0 aliphatic heterocycles. The Hall–Kier alpha value is -4.92.